The minimum atomic E-state index is -0.931. The summed E-state index contributed by atoms with van der Waals surface area (Å²) < 4.78 is 10.4. The minimum Gasteiger partial charge on any atom is -0.481 e. The fourth-order valence-corrected chi connectivity index (χ4v) is 2.12. The molecule has 2 atom stereocenters. The lowest BCUT2D eigenvalue weighted by atomic mass is 9.99. The van der Waals surface area contributed by atoms with E-state index in [9.17, 15) is 14.7 Å². The zero-order valence-corrected chi connectivity index (χ0v) is 11.7. The Labute approximate surface area is 123 Å². The fourth-order valence-electron chi connectivity index (χ4n) is 2.12. The molecule has 114 valence electrons. The average molecular weight is 293 g/mol. The maximum absolute atomic E-state index is 11.9. The largest absolute Gasteiger partial charge is 0.481 e. The van der Waals surface area contributed by atoms with Crippen LogP contribution >= 0.6 is 0 Å². The summed E-state index contributed by atoms with van der Waals surface area (Å²) in [5.74, 6) is -1.92. The van der Waals surface area contributed by atoms with E-state index in [0.29, 0.717) is 19.6 Å². The Morgan fingerprint density at radius 2 is 2.05 bits per heavy atom. The number of carbonyl (C=O) groups is 2. The van der Waals surface area contributed by atoms with Crippen LogP contribution in [0.1, 0.15) is 5.56 Å². The first-order chi connectivity index (χ1) is 10.2. The van der Waals surface area contributed by atoms with Crippen molar-refractivity contribution in [2.75, 3.05) is 26.4 Å². The number of nitrogens with one attached hydrogen (secondary N) is 1. The van der Waals surface area contributed by atoms with E-state index in [4.69, 9.17) is 9.47 Å². The molecule has 0 saturated carbocycles. The predicted molar refractivity (Wildman–Crippen MR) is 74.8 cm³/mol. The third-order valence-corrected chi connectivity index (χ3v) is 3.31. The number of carboxylic acids is 1. The normalized spacial score (nSPS) is 19.7. The van der Waals surface area contributed by atoms with E-state index in [2.05, 4.69) is 5.32 Å². The van der Waals surface area contributed by atoms with Crippen molar-refractivity contribution in [2.45, 2.75) is 12.5 Å². The van der Waals surface area contributed by atoms with Crippen molar-refractivity contribution in [3.8, 4) is 0 Å². The molecule has 1 heterocycles. The van der Waals surface area contributed by atoms with Gasteiger partial charge in [-0.05, 0) is 12.0 Å². The van der Waals surface area contributed by atoms with Crippen molar-refractivity contribution < 1.29 is 24.2 Å². The molecule has 1 aliphatic heterocycles. The monoisotopic (exact) mass is 293 g/mol. The van der Waals surface area contributed by atoms with E-state index in [1.807, 2.05) is 30.3 Å². The van der Waals surface area contributed by atoms with Gasteiger partial charge >= 0.3 is 5.97 Å². The number of rotatable bonds is 6. The van der Waals surface area contributed by atoms with E-state index in [0.717, 1.165) is 5.56 Å². The number of carbonyl (C=O) groups excluding carboxylic acids is 1. The van der Waals surface area contributed by atoms with Crippen LogP contribution in [0.15, 0.2) is 30.3 Å². The highest BCUT2D eigenvalue weighted by atomic mass is 16.6. The Morgan fingerprint density at radius 3 is 2.67 bits per heavy atom. The quantitative estimate of drug-likeness (QED) is 0.796. The highest BCUT2D eigenvalue weighted by molar-refractivity contribution is 5.81. The van der Waals surface area contributed by atoms with Crippen molar-refractivity contribution in [1.82, 2.24) is 5.32 Å². The van der Waals surface area contributed by atoms with E-state index in [1.165, 1.54) is 0 Å². The number of hydrogen-bond acceptors (Lipinski definition) is 4. The molecule has 0 aliphatic carbocycles. The Kier molecular flexibility index (Phi) is 5.71. The summed E-state index contributed by atoms with van der Waals surface area (Å²) in [6.45, 7) is 1.14. The lowest BCUT2D eigenvalue weighted by Crippen LogP contribution is -2.45. The second-order valence-electron chi connectivity index (χ2n) is 4.90. The summed E-state index contributed by atoms with van der Waals surface area (Å²) in [4.78, 5) is 23.2. The minimum absolute atomic E-state index is 0.0723. The van der Waals surface area contributed by atoms with Crippen LogP contribution in [0.5, 0.6) is 0 Å². The highest BCUT2D eigenvalue weighted by Gasteiger charge is 2.25. The molecular weight excluding hydrogens is 274 g/mol. The van der Waals surface area contributed by atoms with Crippen LogP contribution in [0, 0.1) is 5.92 Å². The van der Waals surface area contributed by atoms with Crippen LogP contribution in [0.3, 0.4) is 0 Å². The second-order valence-corrected chi connectivity index (χ2v) is 4.90. The van der Waals surface area contributed by atoms with Crippen LogP contribution in [0.4, 0.5) is 0 Å². The van der Waals surface area contributed by atoms with Gasteiger partial charge in [0.1, 0.15) is 0 Å². The van der Waals surface area contributed by atoms with Crippen LogP contribution in [-0.2, 0) is 25.5 Å². The molecule has 2 rings (SSSR count). The van der Waals surface area contributed by atoms with Crippen molar-refractivity contribution >= 4 is 11.9 Å². The molecule has 2 N–H and O–H groups in total. The summed E-state index contributed by atoms with van der Waals surface area (Å²) in [5.41, 5.74) is 0.927. The van der Waals surface area contributed by atoms with Gasteiger partial charge in [0.25, 0.3) is 5.91 Å². The summed E-state index contributed by atoms with van der Waals surface area (Å²) in [6, 6.07) is 9.34. The number of ether oxygens (including phenoxy) is 2. The van der Waals surface area contributed by atoms with Gasteiger partial charge < -0.3 is 19.9 Å². The van der Waals surface area contributed by atoms with Gasteiger partial charge in [-0.25, -0.2) is 0 Å². The molecule has 1 aliphatic rings. The molecule has 6 heteroatoms. The molecule has 0 radical (unpaired) electrons. The van der Waals surface area contributed by atoms with E-state index in [1.54, 1.807) is 0 Å². The van der Waals surface area contributed by atoms with Gasteiger partial charge in [0.2, 0.25) is 0 Å². The van der Waals surface area contributed by atoms with Gasteiger partial charge in [-0.1, -0.05) is 30.3 Å². The highest BCUT2D eigenvalue weighted by Crippen LogP contribution is 2.09. The van der Waals surface area contributed by atoms with Crippen molar-refractivity contribution in [3.63, 3.8) is 0 Å². The Bertz CT molecular complexity index is 470. The van der Waals surface area contributed by atoms with Gasteiger partial charge in [0.05, 0.1) is 25.7 Å². The number of carboxylic acid groups (broad SMARTS) is 1. The van der Waals surface area contributed by atoms with Crippen LogP contribution in [0.2, 0.25) is 0 Å². The lowest BCUT2D eigenvalue weighted by Gasteiger charge is -2.23. The van der Waals surface area contributed by atoms with Gasteiger partial charge in [-0.15, -0.1) is 0 Å². The number of hydrogen-bond donors (Lipinski definition) is 2. The Hall–Kier alpha value is -1.92. The molecule has 0 spiro atoms. The zero-order valence-electron chi connectivity index (χ0n) is 11.7. The molecule has 21 heavy (non-hydrogen) atoms. The van der Waals surface area contributed by atoms with Crippen LogP contribution in [0.25, 0.3) is 0 Å². The molecule has 1 saturated heterocycles. The predicted octanol–water partition coefficient (Wildman–Crippen LogP) is 0.462. The fraction of sp³-hybridized carbons (Fsp3) is 0.467. The zero-order chi connectivity index (χ0) is 15.1. The maximum Gasteiger partial charge on any atom is 0.308 e. The number of aliphatic carboxylic acids is 1. The van der Waals surface area contributed by atoms with Crippen molar-refractivity contribution in [3.05, 3.63) is 35.9 Å². The van der Waals surface area contributed by atoms with E-state index < -0.39 is 18.0 Å². The summed E-state index contributed by atoms with van der Waals surface area (Å²) >= 11 is 0. The molecular formula is C15H19NO5. The summed E-state index contributed by atoms with van der Waals surface area (Å²) in [5, 5.41) is 11.9. The second kappa shape index (κ2) is 7.75. The van der Waals surface area contributed by atoms with Gasteiger partial charge in [-0.2, -0.15) is 0 Å². The summed E-state index contributed by atoms with van der Waals surface area (Å²) in [7, 11) is 0. The van der Waals surface area contributed by atoms with Gasteiger partial charge in [0, 0.05) is 6.54 Å². The molecule has 6 nitrogen and oxygen atoms in total. The topological polar surface area (TPSA) is 84.9 Å². The molecule has 0 bridgehead atoms. The summed E-state index contributed by atoms with van der Waals surface area (Å²) in [6.07, 6.45) is -0.275. The number of amides is 1. The Morgan fingerprint density at radius 1 is 1.29 bits per heavy atom. The first-order valence-corrected chi connectivity index (χ1v) is 6.90. The molecule has 1 aromatic rings. The van der Waals surface area contributed by atoms with Crippen molar-refractivity contribution in [1.29, 1.82) is 0 Å². The number of benzene rings is 1. The van der Waals surface area contributed by atoms with Gasteiger partial charge in [0.15, 0.2) is 6.10 Å². The van der Waals surface area contributed by atoms with Crippen molar-refractivity contribution in [2.24, 2.45) is 5.92 Å². The first-order valence-electron chi connectivity index (χ1n) is 6.90. The van der Waals surface area contributed by atoms with E-state index >= 15 is 0 Å². The molecule has 1 fully saturated rings. The smallest absolute Gasteiger partial charge is 0.308 e. The Balaban J connectivity index is 1.85. The standard InChI is InChI=1S/C15H19NO5/c17-14(13-10-20-6-7-21-13)16-9-12(15(18)19)8-11-4-2-1-3-5-11/h1-5,12-13H,6-10H2,(H,16,17)(H,18,19)/t12-,13-/m1/s1. The molecule has 1 aromatic carbocycles. The molecule has 0 aromatic heterocycles. The van der Waals surface area contributed by atoms with Crippen LogP contribution in [-0.4, -0.2) is 49.5 Å². The van der Waals surface area contributed by atoms with Gasteiger partial charge in [-0.3, -0.25) is 9.59 Å². The lowest BCUT2D eigenvalue weighted by molar-refractivity contribution is -0.148. The average Bonchev–Trinajstić information content (AvgIpc) is 2.52. The van der Waals surface area contributed by atoms with E-state index in [-0.39, 0.29) is 19.1 Å². The first kappa shape index (κ1) is 15.5. The maximum atomic E-state index is 11.9. The molecule has 0 unspecified atom stereocenters. The van der Waals surface area contributed by atoms with Crippen LogP contribution < -0.4 is 5.32 Å². The third kappa shape index (κ3) is 4.84. The SMILES string of the molecule is O=C(O)[C@@H](CNC(=O)[C@H]1COCCO1)Cc1ccccc1. The molecule has 1 amide bonds. The third-order valence-electron chi connectivity index (χ3n) is 3.31.